The number of benzene rings is 1. The molecule has 8 nitrogen and oxygen atoms in total. The van der Waals surface area contributed by atoms with Gasteiger partial charge in [0.1, 0.15) is 23.6 Å². The number of nitrogens with one attached hydrogen (secondary N) is 2. The van der Waals surface area contributed by atoms with Crippen molar-refractivity contribution in [3.8, 4) is 5.75 Å². The zero-order chi connectivity index (χ0) is 19.0. The fourth-order valence-electron chi connectivity index (χ4n) is 1.96. The number of alkyl carbamates (subject to hydrolysis) is 1. The van der Waals surface area contributed by atoms with Gasteiger partial charge in [0.2, 0.25) is 5.91 Å². The average molecular weight is 352 g/mol. The number of carbonyl (C=O) groups is 2. The van der Waals surface area contributed by atoms with Crippen molar-refractivity contribution in [1.82, 2.24) is 5.32 Å². The molecule has 0 aliphatic carbocycles. The van der Waals surface area contributed by atoms with Gasteiger partial charge in [0.15, 0.2) is 0 Å². The third kappa shape index (κ3) is 7.19. The third-order valence-electron chi connectivity index (χ3n) is 3.00. The van der Waals surface area contributed by atoms with Crippen LogP contribution in [0.5, 0.6) is 5.75 Å². The molecule has 2 amide bonds. The Morgan fingerprint density at radius 1 is 1.20 bits per heavy atom. The van der Waals surface area contributed by atoms with Crippen LogP contribution < -0.4 is 26.8 Å². The van der Waals surface area contributed by atoms with Gasteiger partial charge in [-0.3, -0.25) is 4.79 Å². The standard InChI is InChI=1S/C17H28N4O4/c1-5-6-20-14-12(18)9-11(15(19)22)10-13(14)24-8-7-21-16(23)25-17(2,3)4/h9-10,20H,5-8,18H2,1-4H3,(H2,19,22)(H,21,23). The van der Waals surface area contributed by atoms with Crippen molar-refractivity contribution in [3.05, 3.63) is 17.7 Å². The number of ether oxygens (including phenoxy) is 2. The summed E-state index contributed by atoms with van der Waals surface area (Å²) >= 11 is 0. The predicted octanol–water partition coefficient (Wildman–Crippen LogP) is 2.09. The number of primary amides is 1. The lowest BCUT2D eigenvalue weighted by Gasteiger charge is -2.20. The average Bonchev–Trinajstić information content (AvgIpc) is 2.48. The van der Waals surface area contributed by atoms with Crippen molar-refractivity contribution in [2.45, 2.75) is 39.7 Å². The molecule has 0 aliphatic rings. The van der Waals surface area contributed by atoms with Crippen molar-refractivity contribution < 1.29 is 19.1 Å². The molecule has 25 heavy (non-hydrogen) atoms. The zero-order valence-electron chi connectivity index (χ0n) is 15.3. The SMILES string of the molecule is CCCNc1c(N)cc(C(N)=O)cc1OCCNC(=O)OC(C)(C)C. The van der Waals surface area contributed by atoms with Gasteiger partial charge in [-0.15, -0.1) is 0 Å². The Bertz CT molecular complexity index is 611. The van der Waals surface area contributed by atoms with E-state index < -0.39 is 17.6 Å². The molecule has 0 radical (unpaired) electrons. The first-order chi connectivity index (χ1) is 11.6. The van der Waals surface area contributed by atoms with Crippen molar-refractivity contribution in [2.24, 2.45) is 5.73 Å². The van der Waals surface area contributed by atoms with Crippen LogP contribution in [-0.4, -0.2) is 37.3 Å². The zero-order valence-corrected chi connectivity index (χ0v) is 15.3. The van der Waals surface area contributed by atoms with Crippen molar-refractivity contribution in [3.63, 3.8) is 0 Å². The van der Waals surface area contributed by atoms with E-state index in [9.17, 15) is 9.59 Å². The molecule has 0 aliphatic heterocycles. The van der Waals surface area contributed by atoms with E-state index in [1.165, 1.54) is 12.1 Å². The predicted molar refractivity (Wildman–Crippen MR) is 97.9 cm³/mol. The van der Waals surface area contributed by atoms with Gasteiger partial charge < -0.3 is 31.6 Å². The minimum absolute atomic E-state index is 0.182. The highest BCUT2D eigenvalue weighted by molar-refractivity contribution is 5.96. The highest BCUT2D eigenvalue weighted by atomic mass is 16.6. The monoisotopic (exact) mass is 352 g/mol. The van der Waals surface area contributed by atoms with Crippen LogP contribution in [0.1, 0.15) is 44.5 Å². The maximum absolute atomic E-state index is 11.6. The number of amides is 2. The lowest BCUT2D eigenvalue weighted by Crippen LogP contribution is -2.34. The topological polar surface area (TPSA) is 129 Å². The summed E-state index contributed by atoms with van der Waals surface area (Å²) in [4.78, 5) is 23.0. The molecule has 0 atom stereocenters. The first kappa shape index (κ1) is 20.4. The second kappa shape index (κ2) is 9.00. The van der Waals surface area contributed by atoms with Crippen molar-refractivity contribution in [2.75, 3.05) is 30.7 Å². The van der Waals surface area contributed by atoms with E-state index in [1.54, 1.807) is 20.8 Å². The summed E-state index contributed by atoms with van der Waals surface area (Å²) in [7, 11) is 0. The molecular formula is C17H28N4O4. The van der Waals surface area contributed by atoms with Gasteiger partial charge >= 0.3 is 6.09 Å². The molecule has 0 bridgehead atoms. The molecule has 0 spiro atoms. The molecular weight excluding hydrogens is 324 g/mol. The Labute approximate surface area is 148 Å². The van der Waals surface area contributed by atoms with Gasteiger partial charge in [-0.25, -0.2) is 4.79 Å². The number of nitrogen functional groups attached to an aromatic ring is 1. The molecule has 1 aromatic carbocycles. The number of hydrogen-bond acceptors (Lipinski definition) is 6. The summed E-state index contributed by atoms with van der Waals surface area (Å²) in [6.45, 7) is 8.50. The maximum Gasteiger partial charge on any atom is 0.407 e. The van der Waals surface area contributed by atoms with Crippen LogP contribution in [0, 0.1) is 0 Å². The van der Waals surface area contributed by atoms with Crippen LogP contribution in [-0.2, 0) is 4.74 Å². The van der Waals surface area contributed by atoms with Crippen molar-refractivity contribution >= 4 is 23.4 Å². The highest BCUT2D eigenvalue weighted by Gasteiger charge is 2.16. The molecule has 0 unspecified atom stereocenters. The molecule has 0 heterocycles. The Morgan fingerprint density at radius 3 is 2.44 bits per heavy atom. The highest BCUT2D eigenvalue weighted by Crippen LogP contribution is 2.32. The first-order valence-corrected chi connectivity index (χ1v) is 8.21. The normalized spacial score (nSPS) is 10.9. The third-order valence-corrected chi connectivity index (χ3v) is 3.00. The van der Waals surface area contributed by atoms with Gasteiger partial charge in [-0.05, 0) is 39.3 Å². The quantitative estimate of drug-likeness (QED) is 0.419. The fourth-order valence-corrected chi connectivity index (χ4v) is 1.96. The Morgan fingerprint density at radius 2 is 1.88 bits per heavy atom. The Kier molecular flexibility index (Phi) is 7.35. The van der Waals surface area contributed by atoms with Crippen molar-refractivity contribution in [1.29, 1.82) is 0 Å². The molecule has 1 aromatic rings. The first-order valence-electron chi connectivity index (χ1n) is 8.21. The molecule has 8 heteroatoms. The van der Waals surface area contributed by atoms with Crippen LogP contribution in [0.4, 0.5) is 16.2 Å². The second-order valence-electron chi connectivity index (χ2n) is 6.51. The number of carbonyl (C=O) groups excluding carboxylic acids is 2. The van der Waals surface area contributed by atoms with Crippen LogP contribution >= 0.6 is 0 Å². The smallest absolute Gasteiger partial charge is 0.407 e. The number of nitrogens with two attached hydrogens (primary N) is 2. The van der Waals surface area contributed by atoms with E-state index in [1.807, 2.05) is 6.92 Å². The molecule has 0 aromatic heterocycles. The van der Waals surface area contributed by atoms with E-state index in [-0.39, 0.29) is 18.7 Å². The summed E-state index contributed by atoms with van der Waals surface area (Å²) in [6, 6.07) is 3.04. The van der Waals surface area contributed by atoms with E-state index in [0.717, 1.165) is 6.42 Å². The summed E-state index contributed by atoms with van der Waals surface area (Å²) in [5, 5.41) is 5.76. The number of rotatable bonds is 8. The van der Waals surface area contributed by atoms with E-state index in [0.29, 0.717) is 23.7 Å². The van der Waals surface area contributed by atoms with Gasteiger partial charge in [-0.1, -0.05) is 6.92 Å². The van der Waals surface area contributed by atoms with Gasteiger partial charge in [0, 0.05) is 12.1 Å². The molecule has 1 rings (SSSR count). The molecule has 140 valence electrons. The summed E-state index contributed by atoms with van der Waals surface area (Å²) in [6.07, 6.45) is 0.377. The van der Waals surface area contributed by atoms with Gasteiger partial charge in [0.25, 0.3) is 0 Å². The van der Waals surface area contributed by atoms with E-state index in [2.05, 4.69) is 10.6 Å². The van der Waals surface area contributed by atoms with Crippen LogP contribution in [0.15, 0.2) is 12.1 Å². The minimum Gasteiger partial charge on any atom is -0.489 e. The van der Waals surface area contributed by atoms with Crippen LogP contribution in [0.25, 0.3) is 0 Å². The van der Waals surface area contributed by atoms with Gasteiger partial charge in [0.05, 0.1) is 12.2 Å². The lowest BCUT2D eigenvalue weighted by atomic mass is 10.1. The van der Waals surface area contributed by atoms with E-state index >= 15 is 0 Å². The maximum atomic E-state index is 11.6. The number of anilines is 2. The van der Waals surface area contributed by atoms with Crippen LogP contribution in [0.3, 0.4) is 0 Å². The Balaban J connectivity index is 2.72. The summed E-state index contributed by atoms with van der Waals surface area (Å²) in [5.74, 6) is -0.182. The van der Waals surface area contributed by atoms with Crippen LogP contribution in [0.2, 0.25) is 0 Å². The fraction of sp³-hybridized carbons (Fsp3) is 0.529. The van der Waals surface area contributed by atoms with Gasteiger partial charge in [-0.2, -0.15) is 0 Å². The Hall–Kier alpha value is -2.64. The molecule has 6 N–H and O–H groups in total. The summed E-state index contributed by atoms with van der Waals surface area (Å²) in [5.41, 5.74) is 12.0. The molecule has 0 saturated heterocycles. The summed E-state index contributed by atoms with van der Waals surface area (Å²) < 4.78 is 10.8. The number of hydrogen-bond donors (Lipinski definition) is 4. The second-order valence-corrected chi connectivity index (χ2v) is 6.51. The minimum atomic E-state index is -0.592. The lowest BCUT2D eigenvalue weighted by molar-refractivity contribution is 0.0520. The molecule has 0 saturated carbocycles. The molecule has 0 fully saturated rings. The van der Waals surface area contributed by atoms with E-state index in [4.69, 9.17) is 20.9 Å². The largest absolute Gasteiger partial charge is 0.489 e.